The zero-order valence-electron chi connectivity index (χ0n) is 73.6. The van der Waals surface area contributed by atoms with Gasteiger partial charge in [0.25, 0.3) is 0 Å². The Hall–Kier alpha value is -15.9. The zero-order chi connectivity index (χ0) is 94.6. The third-order valence-corrected chi connectivity index (χ3v) is 19.9. The summed E-state index contributed by atoms with van der Waals surface area (Å²) in [6.07, 6.45) is 12.6. The molecule has 16 aromatic rings. The molecule has 688 valence electrons. The Kier molecular flexibility index (Phi) is 28.9. The van der Waals surface area contributed by atoms with Gasteiger partial charge in [-0.1, -0.05) is 5.11 Å². The lowest BCUT2D eigenvalue weighted by atomic mass is 10.1. The first-order chi connectivity index (χ1) is 63.0. The van der Waals surface area contributed by atoms with Crippen LogP contribution in [0.25, 0.3) is 76.9 Å². The third kappa shape index (κ3) is 23.0. The number of benzene rings is 4. The van der Waals surface area contributed by atoms with Crippen LogP contribution in [0.3, 0.4) is 0 Å². The van der Waals surface area contributed by atoms with Crippen molar-refractivity contribution in [3.05, 3.63) is 248 Å². The summed E-state index contributed by atoms with van der Waals surface area (Å²) < 4.78 is 107. The number of carbonyl (C=O) groups excluding carboxylic acids is 4. The lowest BCUT2D eigenvalue weighted by Gasteiger charge is -2.19. The average Bonchev–Trinajstić information content (AvgIpc) is 1.63. The number of nitrogens with one attached hydrogen (secondary N) is 6. The normalized spacial score (nSPS) is 12.4. The molecule has 12 aromatic heterocycles. The second-order valence-corrected chi connectivity index (χ2v) is 32.2. The van der Waals surface area contributed by atoms with Crippen LogP contribution in [0.15, 0.2) is 169 Å². The van der Waals surface area contributed by atoms with E-state index in [4.69, 9.17) is 47.9 Å². The van der Waals surface area contributed by atoms with Crippen molar-refractivity contribution in [2.24, 2.45) is 10.8 Å². The number of carboxylic acids is 2. The van der Waals surface area contributed by atoms with Crippen molar-refractivity contribution in [1.29, 1.82) is 0 Å². The van der Waals surface area contributed by atoms with Gasteiger partial charge in [-0.25, -0.2) is 84.3 Å². The number of halogens is 4. The smallest absolute Gasteiger partial charge is 0.407 e. The molecule has 10 N–H and O–H groups in total. The molecule has 0 saturated heterocycles. The molecule has 0 saturated carbocycles. The van der Waals surface area contributed by atoms with Crippen LogP contribution < -0.4 is 37.6 Å². The highest BCUT2D eigenvalue weighted by Crippen LogP contribution is 2.37. The summed E-state index contributed by atoms with van der Waals surface area (Å²) in [6.45, 7) is 23.3. The van der Waals surface area contributed by atoms with E-state index >= 15 is 0 Å². The lowest BCUT2D eigenvalue weighted by Crippen LogP contribution is -2.33. The van der Waals surface area contributed by atoms with E-state index in [-0.39, 0.29) is 77.2 Å². The van der Waals surface area contributed by atoms with Gasteiger partial charge in [0.15, 0.2) is 22.6 Å². The van der Waals surface area contributed by atoms with E-state index in [9.17, 15) is 56.5 Å². The predicted molar refractivity (Wildman–Crippen MR) is 477 cm³/mol. The summed E-state index contributed by atoms with van der Waals surface area (Å²) in [6, 6.07) is 23.4. The number of carbonyl (C=O) groups is 6. The number of azide groups is 1. The van der Waals surface area contributed by atoms with Gasteiger partial charge in [-0.2, -0.15) is 20.4 Å². The van der Waals surface area contributed by atoms with E-state index in [0.29, 0.717) is 169 Å². The lowest BCUT2D eigenvalue weighted by molar-refractivity contribution is 0.0516. The SMILES string of the molecule is CCOC(=O)c1cnn2ccc(N[C@H](C)c3cc(F)cc4cc(CCN=[N+]=[N-])oc34)nc12.CCOC(=O)c1cnn2ccc(N[C@H](C)c3cc(F)cc4cc(CCNC(=O)OC(C)(C)C)oc34)nc12.C[C@@H](Nc1ccn2ncc(C(=O)O)c2n1)c1cc(F)cc2cc(CCN)oc12.C[C@@H](Nc1ccn2ncc(C(=O)O)c2n1)c1cc(F)cc2cc(CCNC(=O)OC(C)(C)C)oc12. The van der Waals surface area contributed by atoms with Gasteiger partial charge in [0.05, 0.1) is 62.2 Å². The molecule has 0 radical (unpaired) electrons. The Morgan fingerprint density at radius 2 is 0.727 bits per heavy atom. The molecule has 0 aliphatic rings. The maximum Gasteiger partial charge on any atom is 0.407 e. The number of aromatic nitrogens is 12. The number of rotatable bonds is 29. The molecule has 0 spiro atoms. The number of amides is 2. The second kappa shape index (κ2) is 40.6. The van der Waals surface area contributed by atoms with E-state index in [1.807, 2.05) is 27.7 Å². The molecule has 132 heavy (non-hydrogen) atoms. The maximum absolute atomic E-state index is 14.5. The Labute approximate surface area is 748 Å². The highest BCUT2D eigenvalue weighted by Gasteiger charge is 2.27. The van der Waals surface area contributed by atoms with Crippen LogP contribution in [0.2, 0.25) is 0 Å². The van der Waals surface area contributed by atoms with Crippen LogP contribution in [-0.2, 0) is 44.6 Å². The van der Waals surface area contributed by atoms with Crippen molar-refractivity contribution in [1.82, 2.24) is 69.0 Å². The molecular weight excluding hydrogens is 1720 g/mol. The minimum absolute atomic E-state index is 0.00177. The number of hydrogen-bond donors (Lipinski definition) is 9. The largest absolute Gasteiger partial charge is 0.477 e. The summed E-state index contributed by atoms with van der Waals surface area (Å²) in [5.41, 5.74) is 19.0. The highest BCUT2D eigenvalue weighted by molar-refractivity contribution is 5.98. The molecule has 4 atom stereocenters. The van der Waals surface area contributed by atoms with Crippen molar-refractivity contribution < 1.29 is 93.2 Å². The molecule has 16 rings (SSSR count). The fourth-order valence-electron chi connectivity index (χ4n) is 14.1. The fraction of sp³-hybridized carbons (Fsp3) is 0.311. The van der Waals surface area contributed by atoms with E-state index in [1.165, 1.54) is 91.4 Å². The van der Waals surface area contributed by atoms with Crippen molar-refractivity contribution in [3.63, 3.8) is 0 Å². The summed E-state index contributed by atoms with van der Waals surface area (Å²) in [4.78, 5) is 91.1. The molecule has 4 aromatic carbocycles. The molecule has 2 amide bonds. The molecular formula is C90H94F4N22O16. The number of furan rings is 4. The third-order valence-electron chi connectivity index (χ3n) is 19.9. The molecule has 0 bridgehead atoms. The number of fused-ring (bicyclic) bond motifs is 8. The van der Waals surface area contributed by atoms with Crippen LogP contribution >= 0.6 is 0 Å². The van der Waals surface area contributed by atoms with E-state index in [0.717, 1.165) is 0 Å². The summed E-state index contributed by atoms with van der Waals surface area (Å²) in [7, 11) is 0. The van der Waals surface area contributed by atoms with Crippen LogP contribution in [0, 0.1) is 23.3 Å². The first-order valence-electron chi connectivity index (χ1n) is 41.8. The Balaban J connectivity index is 0.000000150. The summed E-state index contributed by atoms with van der Waals surface area (Å²) in [5.74, 6) is -0.580. The van der Waals surface area contributed by atoms with E-state index < -0.39 is 70.8 Å². The van der Waals surface area contributed by atoms with E-state index in [1.54, 1.807) is 129 Å². The quantitative estimate of drug-likeness (QED) is 0.00525. The Bertz CT molecular complexity index is 7010. The molecule has 0 aliphatic carbocycles. The highest BCUT2D eigenvalue weighted by atomic mass is 19.1. The number of aromatic carboxylic acids is 2. The molecule has 42 heteroatoms. The van der Waals surface area contributed by atoms with Gasteiger partial charge in [0.1, 0.15) is 125 Å². The van der Waals surface area contributed by atoms with Gasteiger partial charge < -0.3 is 84.5 Å². The van der Waals surface area contributed by atoms with Crippen molar-refractivity contribution in [2.75, 3.05) is 60.7 Å². The molecule has 0 unspecified atom stereocenters. The number of nitrogens with zero attached hydrogens (tertiary/aromatic N) is 15. The van der Waals surface area contributed by atoms with Crippen molar-refractivity contribution in [2.45, 2.75) is 144 Å². The van der Waals surface area contributed by atoms with Crippen molar-refractivity contribution >= 4 is 126 Å². The number of esters is 2. The van der Waals surface area contributed by atoms with Gasteiger partial charge >= 0.3 is 36.1 Å². The first kappa shape index (κ1) is 93.8. The van der Waals surface area contributed by atoms with Gasteiger partial charge in [0.2, 0.25) is 0 Å². The minimum Gasteiger partial charge on any atom is -0.477 e. The number of hydrogen-bond acceptors (Lipinski definition) is 28. The Morgan fingerprint density at radius 3 is 1.00 bits per heavy atom. The van der Waals surface area contributed by atoms with Gasteiger partial charge in [-0.05, 0) is 192 Å². The number of ether oxygens (including phenoxy) is 4. The molecule has 12 heterocycles. The van der Waals surface area contributed by atoms with Crippen LogP contribution in [0.5, 0.6) is 0 Å². The predicted octanol–water partition coefficient (Wildman–Crippen LogP) is 17.4. The van der Waals surface area contributed by atoms with Crippen molar-refractivity contribution in [3.8, 4) is 0 Å². The van der Waals surface area contributed by atoms with Gasteiger partial charge in [-0.15, -0.1) is 0 Å². The average molecular weight is 1820 g/mol. The minimum atomic E-state index is -1.13. The zero-order valence-corrected chi connectivity index (χ0v) is 73.6. The van der Waals surface area contributed by atoms with Gasteiger partial charge in [-0.3, -0.25) is 0 Å². The standard InChI is InChI=1S/C26H30FN5O5.C24H26FN5O5.C21H20FN7O3.C19H18FN5O3/c1-6-35-24(33)20-14-29-32-10-8-21(31-23(20)32)30-15(2)19-13-17(27)11-16-12-18(36-22(16)19)7-9-28-25(34)37-26(3,4)5;1-13(28-19-6-8-30-21(29-19)18(12-27-30)22(31)32)17-11-15(25)9-14-10-16(34-20(14)17)5-7-26-23(33)35-24(2,3)4;1-3-31-21(30)17-11-25-29-7-5-18(27-20(17)29)26-12(2)16-10-14(22)8-13-9-15(32-19(13)16)4-6-24-28-23;1-10(14-8-12(20)6-11-7-13(2-4-21)28-17(11)14)23-16-3-5-25-18(24-16)15(9-22-25)19(26)27/h8,10-15H,6-7,9H2,1-5H3,(H,28,34)(H,30,31);6,8-13H,5,7H2,1-4H3,(H,26,33)(H,28,29)(H,31,32);5,7-12H,3-4,6H2,1-2H3,(H,26,27);3,5-10H,2,4,21H2,1H3,(H,23,24)(H,26,27)/t15-;13-;12-;10-/m1111/s1. The monoisotopic (exact) mass is 1810 g/mol. The van der Waals surface area contributed by atoms with Crippen LogP contribution in [0.1, 0.15) is 194 Å². The second-order valence-electron chi connectivity index (χ2n) is 32.2. The number of carboxylic acid groups (broad SMARTS) is 2. The number of anilines is 4. The number of nitrogens with two attached hydrogens (primary N) is 1. The summed E-state index contributed by atoms with van der Waals surface area (Å²) in [5, 5.41) is 58.9. The van der Waals surface area contributed by atoms with Crippen LogP contribution in [-0.4, -0.2) is 155 Å². The maximum atomic E-state index is 14.5. The molecule has 0 aliphatic heterocycles. The molecule has 0 fully saturated rings. The Morgan fingerprint density at radius 1 is 0.447 bits per heavy atom. The fourth-order valence-corrected chi connectivity index (χ4v) is 14.1. The summed E-state index contributed by atoms with van der Waals surface area (Å²) >= 11 is 0. The number of alkyl carbamates (subject to hydrolysis) is 2. The van der Waals surface area contributed by atoms with Gasteiger partial charge in [0, 0.05) is 119 Å². The van der Waals surface area contributed by atoms with Crippen LogP contribution in [0.4, 0.5) is 50.4 Å². The first-order valence-corrected chi connectivity index (χ1v) is 41.8. The topological polar surface area (TPSA) is 500 Å². The molecule has 38 nitrogen and oxygen atoms in total. The van der Waals surface area contributed by atoms with E-state index in [2.05, 4.69) is 82.3 Å².